The normalized spacial score (nSPS) is 28.9. The number of rotatable bonds is 2. The molecular weight excluding hydrogens is 280 g/mol. The van der Waals surface area contributed by atoms with Gasteiger partial charge in [0.15, 0.2) is 23.8 Å². The van der Waals surface area contributed by atoms with Gasteiger partial charge in [-0.1, -0.05) is 0 Å². The van der Waals surface area contributed by atoms with Crippen LogP contribution in [0.2, 0.25) is 0 Å². The summed E-state index contributed by atoms with van der Waals surface area (Å²) >= 11 is 0. The highest BCUT2D eigenvalue weighted by Crippen LogP contribution is 2.31. The Balaban J connectivity index is 2.00. The van der Waals surface area contributed by atoms with E-state index in [0.29, 0.717) is 11.2 Å². The summed E-state index contributed by atoms with van der Waals surface area (Å²) in [5.41, 5.74) is 6.38. The zero-order valence-electron chi connectivity index (χ0n) is 11.0. The minimum Gasteiger partial charge on any atom is -0.387 e. The number of fused-ring (bicyclic) bond motifs is 1. The second-order valence-electron chi connectivity index (χ2n) is 4.63. The van der Waals surface area contributed by atoms with Gasteiger partial charge in [-0.05, 0) is 0 Å². The van der Waals surface area contributed by atoms with Crippen LogP contribution in [0.25, 0.3) is 11.2 Å². The lowest BCUT2D eigenvalue weighted by atomic mass is 10.1. The highest BCUT2D eigenvalue weighted by atomic mass is 16.6. The number of nitrogens with two attached hydrogens (primary N) is 1. The molecule has 0 saturated carbocycles. The largest absolute Gasteiger partial charge is 0.387 e. The van der Waals surface area contributed by atoms with Crippen molar-refractivity contribution in [2.45, 2.75) is 24.5 Å². The van der Waals surface area contributed by atoms with Crippen LogP contribution in [0.4, 0.5) is 5.82 Å². The molecule has 1 amide bonds. The average molecular weight is 294 g/mol. The third-order valence-corrected chi connectivity index (χ3v) is 3.40. The molecule has 0 aromatic carbocycles. The van der Waals surface area contributed by atoms with Crippen LogP contribution in [-0.4, -0.2) is 61.0 Å². The van der Waals surface area contributed by atoms with E-state index in [4.69, 9.17) is 10.5 Å². The van der Waals surface area contributed by atoms with Crippen molar-refractivity contribution >= 4 is 22.9 Å². The molecule has 21 heavy (non-hydrogen) atoms. The van der Waals surface area contributed by atoms with E-state index in [1.165, 1.54) is 24.3 Å². The zero-order valence-corrected chi connectivity index (χ0v) is 11.0. The van der Waals surface area contributed by atoms with E-state index in [1.807, 2.05) is 0 Å². The smallest absolute Gasteiger partial charge is 0.251 e. The number of carbonyl (C=O) groups excluding carboxylic acids is 1. The van der Waals surface area contributed by atoms with Crippen molar-refractivity contribution in [3.05, 3.63) is 12.7 Å². The third kappa shape index (κ3) is 2.00. The van der Waals surface area contributed by atoms with Crippen LogP contribution >= 0.6 is 0 Å². The summed E-state index contributed by atoms with van der Waals surface area (Å²) in [7, 11) is 1.42. The Morgan fingerprint density at radius 2 is 2.14 bits per heavy atom. The molecule has 0 bridgehead atoms. The number of aliphatic hydroxyl groups excluding tert-OH is 2. The summed E-state index contributed by atoms with van der Waals surface area (Å²) in [6.07, 6.45) is -2.22. The van der Waals surface area contributed by atoms with Gasteiger partial charge < -0.3 is 26.0 Å². The lowest BCUT2D eigenvalue weighted by molar-refractivity contribution is -0.137. The lowest BCUT2D eigenvalue weighted by Gasteiger charge is -2.16. The van der Waals surface area contributed by atoms with E-state index in [2.05, 4.69) is 20.3 Å². The number of nitrogens with zero attached hydrogens (tertiary/aromatic N) is 4. The van der Waals surface area contributed by atoms with Crippen molar-refractivity contribution in [3.8, 4) is 0 Å². The van der Waals surface area contributed by atoms with Crippen molar-refractivity contribution in [3.63, 3.8) is 0 Å². The Kier molecular flexibility index (Phi) is 3.20. The number of nitrogens with one attached hydrogen (secondary N) is 1. The average Bonchev–Trinajstić information content (AvgIpc) is 3.02. The molecule has 0 aliphatic carbocycles. The maximum absolute atomic E-state index is 11.6. The zero-order chi connectivity index (χ0) is 15.1. The molecule has 1 unspecified atom stereocenters. The highest BCUT2D eigenvalue weighted by molar-refractivity contribution is 5.82. The van der Waals surface area contributed by atoms with Crippen LogP contribution in [0.5, 0.6) is 0 Å². The Labute approximate surface area is 118 Å². The molecule has 1 saturated heterocycles. The van der Waals surface area contributed by atoms with Crippen LogP contribution in [0.3, 0.4) is 0 Å². The van der Waals surface area contributed by atoms with Gasteiger partial charge in [-0.2, -0.15) is 0 Å². The summed E-state index contributed by atoms with van der Waals surface area (Å²) in [6.45, 7) is 0. The minimum absolute atomic E-state index is 0.189. The van der Waals surface area contributed by atoms with Gasteiger partial charge in [-0.25, -0.2) is 15.0 Å². The Hall–Kier alpha value is -2.30. The lowest BCUT2D eigenvalue weighted by Crippen LogP contribution is -2.41. The van der Waals surface area contributed by atoms with Crippen LogP contribution in [0.1, 0.15) is 6.23 Å². The predicted octanol–water partition coefficient (Wildman–Crippen LogP) is -2.23. The van der Waals surface area contributed by atoms with Gasteiger partial charge in [0, 0.05) is 7.05 Å². The maximum atomic E-state index is 11.6. The van der Waals surface area contributed by atoms with Gasteiger partial charge in [0.1, 0.15) is 24.1 Å². The van der Waals surface area contributed by atoms with Crippen molar-refractivity contribution in [2.24, 2.45) is 0 Å². The van der Waals surface area contributed by atoms with E-state index in [9.17, 15) is 15.0 Å². The Bertz CT molecular complexity index is 688. The summed E-state index contributed by atoms with van der Waals surface area (Å²) in [5.74, 6) is -0.336. The minimum atomic E-state index is -1.36. The molecule has 1 aliphatic rings. The third-order valence-electron chi connectivity index (χ3n) is 3.40. The number of ether oxygens (including phenoxy) is 1. The maximum Gasteiger partial charge on any atom is 0.251 e. The molecule has 1 fully saturated rings. The molecule has 3 rings (SSSR count). The number of aromatic nitrogens is 4. The first-order chi connectivity index (χ1) is 10.0. The van der Waals surface area contributed by atoms with Crippen LogP contribution in [0, 0.1) is 0 Å². The first-order valence-corrected chi connectivity index (χ1v) is 6.20. The number of likely N-dealkylation sites (N-methyl/N-ethyl adjacent to an activating group) is 1. The molecule has 1 aliphatic heterocycles. The van der Waals surface area contributed by atoms with Crippen LogP contribution in [-0.2, 0) is 9.53 Å². The summed E-state index contributed by atoms with van der Waals surface area (Å²) in [6, 6.07) is 0. The number of amides is 1. The number of imidazole rings is 1. The van der Waals surface area contributed by atoms with Gasteiger partial charge in [0.2, 0.25) is 0 Å². The summed E-state index contributed by atoms with van der Waals surface area (Å²) in [4.78, 5) is 23.5. The predicted molar refractivity (Wildman–Crippen MR) is 69.7 cm³/mol. The molecule has 2 aromatic heterocycles. The van der Waals surface area contributed by atoms with E-state index in [0.717, 1.165) is 0 Å². The number of hydrogen-bond acceptors (Lipinski definition) is 8. The Morgan fingerprint density at radius 1 is 1.38 bits per heavy atom. The van der Waals surface area contributed by atoms with Gasteiger partial charge >= 0.3 is 0 Å². The van der Waals surface area contributed by atoms with Gasteiger partial charge in [0.25, 0.3) is 5.91 Å². The molecule has 5 N–H and O–H groups in total. The Morgan fingerprint density at radius 3 is 2.86 bits per heavy atom. The summed E-state index contributed by atoms with van der Waals surface area (Å²) < 4.78 is 6.85. The van der Waals surface area contributed by atoms with E-state index >= 15 is 0 Å². The van der Waals surface area contributed by atoms with Crippen LogP contribution in [0.15, 0.2) is 12.7 Å². The highest BCUT2D eigenvalue weighted by Gasteiger charge is 2.47. The molecular formula is C11H14N6O4. The quantitative estimate of drug-likeness (QED) is 0.486. The van der Waals surface area contributed by atoms with E-state index in [1.54, 1.807) is 0 Å². The topological polar surface area (TPSA) is 148 Å². The van der Waals surface area contributed by atoms with E-state index < -0.39 is 30.4 Å². The van der Waals surface area contributed by atoms with E-state index in [-0.39, 0.29) is 5.82 Å². The fraction of sp³-hybridized carbons (Fsp3) is 0.455. The molecule has 3 heterocycles. The van der Waals surface area contributed by atoms with Gasteiger partial charge in [-0.15, -0.1) is 0 Å². The number of carbonyl (C=O) groups is 1. The number of anilines is 1. The molecule has 10 nitrogen and oxygen atoms in total. The molecule has 0 spiro atoms. The molecule has 4 atom stereocenters. The SMILES string of the molecule is CNC(=O)[C@H]1O[C@@H](n2cnc3c(N)ncnc32)C(O)[C@H]1O. The standard InChI is InChI=1S/C11H14N6O4/c1-13-10(20)7-5(18)6(19)11(21-7)17-3-16-4-8(12)14-2-15-9(4)17/h2-3,5-7,11,18-19H,1H3,(H,13,20)(H2,12,14,15)/t5-,6?,7+,11-/m1/s1. The molecule has 0 radical (unpaired) electrons. The first-order valence-electron chi connectivity index (χ1n) is 6.20. The molecule has 112 valence electrons. The molecule has 10 heteroatoms. The number of hydrogen-bond donors (Lipinski definition) is 4. The van der Waals surface area contributed by atoms with Crippen molar-refractivity contribution in [2.75, 3.05) is 12.8 Å². The van der Waals surface area contributed by atoms with Crippen molar-refractivity contribution < 1.29 is 19.7 Å². The van der Waals surface area contributed by atoms with Crippen molar-refractivity contribution in [1.82, 2.24) is 24.8 Å². The molecule has 2 aromatic rings. The van der Waals surface area contributed by atoms with Gasteiger partial charge in [0.05, 0.1) is 6.33 Å². The second kappa shape index (κ2) is 4.91. The van der Waals surface area contributed by atoms with Gasteiger partial charge in [-0.3, -0.25) is 9.36 Å². The van der Waals surface area contributed by atoms with Crippen LogP contribution < -0.4 is 11.1 Å². The summed E-state index contributed by atoms with van der Waals surface area (Å²) in [5, 5.41) is 22.4. The van der Waals surface area contributed by atoms with Crippen molar-refractivity contribution in [1.29, 1.82) is 0 Å². The first kappa shape index (κ1) is 13.7. The fourth-order valence-electron chi connectivity index (χ4n) is 2.30. The number of aliphatic hydroxyl groups is 2. The fourth-order valence-corrected chi connectivity index (χ4v) is 2.30. The monoisotopic (exact) mass is 294 g/mol. The second-order valence-corrected chi connectivity index (χ2v) is 4.63. The number of nitrogen functional groups attached to an aromatic ring is 1.